The molecule has 1 fully saturated rings. The monoisotopic (exact) mass is 372 g/mol. The molecule has 0 aliphatic carbocycles. The van der Waals surface area contributed by atoms with E-state index in [0.29, 0.717) is 23.5 Å². The number of aromatic nitrogens is 2. The van der Waals surface area contributed by atoms with Gasteiger partial charge in [0.1, 0.15) is 0 Å². The smallest absolute Gasteiger partial charge is 0.231 e. The number of likely N-dealkylation sites (tertiary alicyclic amines) is 1. The fourth-order valence-corrected chi connectivity index (χ4v) is 4.44. The van der Waals surface area contributed by atoms with Crippen molar-refractivity contribution in [1.29, 1.82) is 0 Å². The number of hydrogen-bond acceptors (Lipinski definition) is 7. The second-order valence-electron chi connectivity index (χ2n) is 5.95. The van der Waals surface area contributed by atoms with Gasteiger partial charge in [0.15, 0.2) is 4.34 Å². The lowest BCUT2D eigenvalue weighted by Crippen LogP contribution is -2.38. The third-order valence-corrected chi connectivity index (χ3v) is 6.17. The number of ether oxygens (including phenoxy) is 1. The molecule has 2 heterocycles. The van der Waals surface area contributed by atoms with Crippen molar-refractivity contribution in [2.24, 2.45) is 5.92 Å². The van der Waals surface area contributed by atoms with E-state index in [2.05, 4.69) is 29.4 Å². The highest BCUT2D eigenvalue weighted by molar-refractivity contribution is 8.01. The van der Waals surface area contributed by atoms with Gasteiger partial charge >= 0.3 is 0 Å². The minimum Gasteiger partial charge on any atom is -0.383 e. The van der Waals surface area contributed by atoms with E-state index in [-0.39, 0.29) is 30.2 Å². The van der Waals surface area contributed by atoms with Gasteiger partial charge in [0, 0.05) is 25.3 Å². The zero-order chi connectivity index (χ0) is 17.7. The summed E-state index contributed by atoms with van der Waals surface area (Å²) in [5, 5.41) is 11.8. The highest BCUT2D eigenvalue weighted by atomic mass is 32.2. The number of methoxy groups -OCH3 is 1. The Balaban J connectivity index is 1.90. The molecule has 1 aliphatic rings. The van der Waals surface area contributed by atoms with E-state index >= 15 is 0 Å². The minimum absolute atomic E-state index is 0.00928. The lowest BCUT2D eigenvalue weighted by molar-refractivity contribution is -0.130. The largest absolute Gasteiger partial charge is 0.383 e. The average Bonchev–Trinajstić information content (AvgIpc) is 3.14. The normalized spacial score (nSPS) is 20.2. The van der Waals surface area contributed by atoms with E-state index in [1.807, 2.05) is 6.92 Å². The SMILES string of the molecule is CC[C@H](C)Sc1nnc(NC(=O)[C@H]2CC(=O)N([C@H](C)COC)C2)s1. The molecule has 0 bridgehead atoms. The first-order valence-corrected chi connectivity index (χ1v) is 9.73. The summed E-state index contributed by atoms with van der Waals surface area (Å²) in [4.78, 5) is 26.2. The number of carbonyl (C=O) groups excluding carboxylic acids is 2. The van der Waals surface area contributed by atoms with Gasteiger partial charge in [0.05, 0.1) is 18.6 Å². The van der Waals surface area contributed by atoms with Crippen molar-refractivity contribution in [2.45, 2.75) is 49.2 Å². The Hall–Kier alpha value is -1.19. The number of nitrogens with zero attached hydrogens (tertiary/aromatic N) is 3. The Morgan fingerprint density at radius 3 is 2.92 bits per heavy atom. The van der Waals surface area contributed by atoms with Crippen LogP contribution in [-0.4, -0.2) is 58.5 Å². The molecule has 0 aromatic carbocycles. The van der Waals surface area contributed by atoms with E-state index in [9.17, 15) is 9.59 Å². The van der Waals surface area contributed by atoms with Crippen molar-refractivity contribution in [3.63, 3.8) is 0 Å². The molecule has 7 nitrogen and oxygen atoms in total. The van der Waals surface area contributed by atoms with Crippen molar-refractivity contribution in [2.75, 3.05) is 25.6 Å². The van der Waals surface area contributed by atoms with Gasteiger partial charge in [-0.25, -0.2) is 0 Å². The molecule has 1 aromatic heterocycles. The second kappa shape index (κ2) is 8.77. The molecule has 2 amide bonds. The van der Waals surface area contributed by atoms with E-state index in [0.717, 1.165) is 10.8 Å². The lowest BCUT2D eigenvalue weighted by Gasteiger charge is -2.23. The van der Waals surface area contributed by atoms with Gasteiger partial charge in [-0.3, -0.25) is 9.59 Å². The highest BCUT2D eigenvalue weighted by Gasteiger charge is 2.36. The lowest BCUT2D eigenvalue weighted by atomic mass is 10.1. The fourth-order valence-electron chi connectivity index (χ4n) is 2.44. The first kappa shape index (κ1) is 19.1. The predicted octanol–water partition coefficient (Wildman–Crippen LogP) is 2.25. The zero-order valence-electron chi connectivity index (χ0n) is 14.4. The highest BCUT2D eigenvalue weighted by Crippen LogP contribution is 2.30. The van der Waals surface area contributed by atoms with Crippen molar-refractivity contribution in [1.82, 2.24) is 15.1 Å². The van der Waals surface area contributed by atoms with Crippen LogP contribution in [0.1, 0.15) is 33.6 Å². The van der Waals surface area contributed by atoms with E-state index in [1.165, 1.54) is 11.3 Å². The molecule has 0 unspecified atom stereocenters. The van der Waals surface area contributed by atoms with Crippen LogP contribution in [0.2, 0.25) is 0 Å². The molecule has 1 saturated heterocycles. The quantitative estimate of drug-likeness (QED) is 0.556. The van der Waals surface area contributed by atoms with Crippen LogP contribution >= 0.6 is 23.1 Å². The van der Waals surface area contributed by atoms with Crippen LogP contribution in [0.5, 0.6) is 0 Å². The molecule has 1 N–H and O–H groups in total. The average molecular weight is 373 g/mol. The molecule has 134 valence electrons. The first-order valence-electron chi connectivity index (χ1n) is 8.04. The maximum absolute atomic E-state index is 12.4. The predicted molar refractivity (Wildman–Crippen MR) is 95.3 cm³/mol. The minimum atomic E-state index is -0.355. The standard InChI is InChI=1S/C15H24N4O3S2/c1-5-10(3)23-15-18-17-14(24-15)16-13(21)11-6-12(20)19(7-11)9(2)8-22-4/h9-11H,5-8H2,1-4H3,(H,16,17,21)/t9-,10+,11+/m1/s1. The Morgan fingerprint density at radius 1 is 1.50 bits per heavy atom. The van der Waals surface area contributed by atoms with Crippen LogP contribution < -0.4 is 5.32 Å². The Morgan fingerprint density at radius 2 is 2.25 bits per heavy atom. The van der Waals surface area contributed by atoms with Gasteiger partial charge in [0.25, 0.3) is 0 Å². The van der Waals surface area contributed by atoms with E-state index < -0.39 is 0 Å². The Labute approximate surface area is 150 Å². The van der Waals surface area contributed by atoms with Crippen LogP contribution in [0.3, 0.4) is 0 Å². The number of thioether (sulfide) groups is 1. The number of anilines is 1. The number of amides is 2. The molecular formula is C15H24N4O3S2. The second-order valence-corrected chi connectivity index (χ2v) is 8.61. The summed E-state index contributed by atoms with van der Waals surface area (Å²) in [6, 6.07) is -0.0274. The molecule has 9 heteroatoms. The summed E-state index contributed by atoms with van der Waals surface area (Å²) in [7, 11) is 1.60. The Bertz CT molecular complexity index is 581. The molecule has 1 aromatic rings. The summed E-state index contributed by atoms with van der Waals surface area (Å²) in [5.41, 5.74) is 0. The maximum Gasteiger partial charge on any atom is 0.231 e. The molecule has 3 atom stereocenters. The molecular weight excluding hydrogens is 348 g/mol. The number of rotatable bonds is 8. The van der Waals surface area contributed by atoms with Crippen LogP contribution in [0, 0.1) is 5.92 Å². The van der Waals surface area contributed by atoms with Crippen LogP contribution in [0.25, 0.3) is 0 Å². The third kappa shape index (κ3) is 4.90. The van der Waals surface area contributed by atoms with Gasteiger partial charge < -0.3 is 15.0 Å². The summed E-state index contributed by atoms with van der Waals surface area (Å²) >= 11 is 3.02. The molecule has 2 rings (SSSR count). The van der Waals surface area contributed by atoms with Crippen LogP contribution in [-0.2, 0) is 14.3 Å². The van der Waals surface area contributed by atoms with Crippen molar-refractivity contribution in [3.05, 3.63) is 0 Å². The molecule has 0 radical (unpaired) electrons. The number of carbonyl (C=O) groups is 2. The van der Waals surface area contributed by atoms with E-state index in [1.54, 1.807) is 23.8 Å². The maximum atomic E-state index is 12.4. The van der Waals surface area contributed by atoms with Crippen molar-refractivity contribution >= 4 is 40.0 Å². The van der Waals surface area contributed by atoms with Gasteiger partial charge in [-0.2, -0.15) is 0 Å². The number of nitrogens with one attached hydrogen (secondary N) is 1. The molecule has 0 spiro atoms. The third-order valence-electron chi connectivity index (χ3n) is 3.98. The number of hydrogen-bond donors (Lipinski definition) is 1. The van der Waals surface area contributed by atoms with Gasteiger partial charge in [-0.15, -0.1) is 10.2 Å². The summed E-state index contributed by atoms with van der Waals surface area (Å²) in [5.74, 6) is -0.539. The first-order chi connectivity index (χ1) is 11.4. The summed E-state index contributed by atoms with van der Waals surface area (Å²) in [6.07, 6.45) is 1.28. The Kier molecular flexibility index (Phi) is 7.00. The molecule has 1 aliphatic heterocycles. The topological polar surface area (TPSA) is 84.4 Å². The van der Waals surface area contributed by atoms with Crippen molar-refractivity contribution < 1.29 is 14.3 Å². The van der Waals surface area contributed by atoms with Crippen molar-refractivity contribution in [3.8, 4) is 0 Å². The van der Waals surface area contributed by atoms with Gasteiger partial charge in [-0.05, 0) is 13.3 Å². The summed E-state index contributed by atoms with van der Waals surface area (Å²) in [6.45, 7) is 7.05. The fraction of sp³-hybridized carbons (Fsp3) is 0.733. The summed E-state index contributed by atoms with van der Waals surface area (Å²) < 4.78 is 5.93. The van der Waals surface area contributed by atoms with E-state index in [4.69, 9.17) is 4.74 Å². The van der Waals surface area contributed by atoms with Gasteiger partial charge in [0.2, 0.25) is 16.9 Å². The molecule has 24 heavy (non-hydrogen) atoms. The zero-order valence-corrected chi connectivity index (χ0v) is 16.1. The van der Waals surface area contributed by atoms with Crippen LogP contribution in [0.15, 0.2) is 4.34 Å². The van der Waals surface area contributed by atoms with Gasteiger partial charge in [-0.1, -0.05) is 36.9 Å². The molecule has 0 saturated carbocycles. The van der Waals surface area contributed by atoms with Crippen LogP contribution in [0.4, 0.5) is 5.13 Å².